The number of aromatic nitrogens is 2. The molecule has 1 aromatic carbocycles. The van der Waals surface area contributed by atoms with E-state index in [1.165, 1.54) is 29.4 Å². The van der Waals surface area contributed by atoms with Crippen LogP contribution in [0.5, 0.6) is 0 Å². The normalized spacial score (nSPS) is 18.1. The van der Waals surface area contributed by atoms with Crippen LogP contribution in [0.4, 0.5) is 20.4 Å². The lowest BCUT2D eigenvalue weighted by molar-refractivity contribution is 0.0742. The summed E-state index contributed by atoms with van der Waals surface area (Å²) in [6, 6.07) is 7.06. The number of rotatable bonds is 5. The summed E-state index contributed by atoms with van der Waals surface area (Å²) in [5.41, 5.74) is -0.231. The van der Waals surface area contributed by atoms with Gasteiger partial charge in [0.25, 0.3) is 5.91 Å². The number of carbonyl (C=O) groups excluding carboxylic acids is 1. The number of hydrogen-bond acceptors (Lipinski definition) is 8. The molecule has 0 N–H and O–H groups in total. The van der Waals surface area contributed by atoms with Gasteiger partial charge in [0.15, 0.2) is 0 Å². The highest BCUT2D eigenvalue weighted by Crippen LogP contribution is 2.25. The first-order chi connectivity index (χ1) is 15.8. The minimum atomic E-state index is -4.88. The molecule has 1 aromatic heterocycles. The molecule has 0 radical (unpaired) electrons. The first-order valence-electron chi connectivity index (χ1n) is 10.7. The molecule has 0 unspecified atom stereocenters. The fourth-order valence-corrected chi connectivity index (χ4v) is 4.94. The number of piperazine rings is 2. The average Bonchev–Trinajstić information content (AvgIpc) is 2.84. The summed E-state index contributed by atoms with van der Waals surface area (Å²) >= 11 is 0. The molecule has 12 heteroatoms. The molecule has 0 aliphatic carbocycles. The molecular weight excluding hydrogens is 454 g/mol. The van der Waals surface area contributed by atoms with Crippen molar-refractivity contribution in [3.05, 3.63) is 42.2 Å². The van der Waals surface area contributed by atoms with E-state index < -0.39 is 26.4 Å². The molecule has 2 saturated heterocycles. The Balaban J connectivity index is 1.44. The van der Waals surface area contributed by atoms with E-state index in [2.05, 4.69) is 26.8 Å². The highest BCUT2D eigenvalue weighted by Gasteiger charge is 2.33. The predicted molar refractivity (Wildman–Crippen MR) is 119 cm³/mol. The van der Waals surface area contributed by atoms with Gasteiger partial charge in [0.05, 0.1) is 10.5 Å². The molecular formula is C21H26F2N6O3S. The van der Waals surface area contributed by atoms with Crippen LogP contribution in [-0.2, 0) is 9.84 Å². The van der Waals surface area contributed by atoms with Crippen LogP contribution in [0.1, 0.15) is 10.4 Å². The predicted octanol–water partition coefficient (Wildman–Crippen LogP) is 1.19. The smallest absolute Gasteiger partial charge is 0.341 e. The van der Waals surface area contributed by atoms with Crippen molar-refractivity contribution in [3.63, 3.8) is 0 Å². The lowest BCUT2D eigenvalue weighted by Crippen LogP contribution is -2.49. The van der Waals surface area contributed by atoms with Crippen LogP contribution in [0, 0.1) is 0 Å². The zero-order valence-electron chi connectivity index (χ0n) is 18.3. The third-order valence-electron chi connectivity index (χ3n) is 6.01. The number of amides is 1. The number of alkyl halides is 2. The van der Waals surface area contributed by atoms with Gasteiger partial charge in [0, 0.05) is 58.4 Å². The Morgan fingerprint density at radius 1 is 0.909 bits per heavy atom. The van der Waals surface area contributed by atoms with E-state index in [1.807, 2.05) is 11.0 Å². The summed E-state index contributed by atoms with van der Waals surface area (Å²) < 4.78 is 50.2. The molecule has 1 amide bonds. The largest absolute Gasteiger partial charge is 0.354 e. The van der Waals surface area contributed by atoms with E-state index >= 15 is 0 Å². The van der Waals surface area contributed by atoms with Gasteiger partial charge in [-0.2, -0.15) is 8.78 Å². The summed E-state index contributed by atoms with van der Waals surface area (Å²) in [6.45, 7) is 5.28. The van der Waals surface area contributed by atoms with Crippen molar-refractivity contribution in [1.29, 1.82) is 0 Å². The Morgan fingerprint density at radius 2 is 1.45 bits per heavy atom. The van der Waals surface area contributed by atoms with Gasteiger partial charge >= 0.3 is 5.76 Å². The Kier molecular flexibility index (Phi) is 6.75. The summed E-state index contributed by atoms with van der Waals surface area (Å²) in [5.74, 6) is -2.55. The minimum absolute atomic E-state index is 0.231. The number of nitrogens with zero attached hydrogens (tertiary/aromatic N) is 6. The van der Waals surface area contributed by atoms with Gasteiger partial charge in [-0.15, -0.1) is 0 Å². The van der Waals surface area contributed by atoms with Crippen molar-refractivity contribution in [2.45, 2.75) is 10.7 Å². The third kappa shape index (κ3) is 4.91. The second-order valence-corrected chi connectivity index (χ2v) is 9.99. The molecule has 0 spiro atoms. The van der Waals surface area contributed by atoms with Gasteiger partial charge in [-0.1, -0.05) is 12.1 Å². The van der Waals surface area contributed by atoms with E-state index in [4.69, 9.17) is 0 Å². The summed E-state index contributed by atoms with van der Waals surface area (Å²) in [7, 11) is -2.79. The van der Waals surface area contributed by atoms with Crippen LogP contribution in [-0.4, -0.2) is 99.3 Å². The fraction of sp³-hybridized carbons (Fsp3) is 0.476. The van der Waals surface area contributed by atoms with E-state index in [1.54, 1.807) is 0 Å². The molecule has 33 heavy (non-hydrogen) atoms. The molecule has 2 aliphatic heterocycles. The summed E-state index contributed by atoms with van der Waals surface area (Å²) in [6.07, 6.45) is 1.53. The molecule has 3 heterocycles. The number of carbonyl (C=O) groups is 1. The maximum absolute atomic E-state index is 13.1. The first-order valence-corrected chi connectivity index (χ1v) is 12.2. The molecule has 0 saturated carbocycles. The molecule has 2 fully saturated rings. The van der Waals surface area contributed by atoms with Crippen LogP contribution in [0.2, 0.25) is 0 Å². The molecule has 178 valence electrons. The van der Waals surface area contributed by atoms with E-state index in [0.29, 0.717) is 26.2 Å². The van der Waals surface area contributed by atoms with Crippen LogP contribution < -0.4 is 9.80 Å². The topological polar surface area (TPSA) is 90.0 Å². The lowest BCUT2D eigenvalue weighted by atomic mass is 10.2. The zero-order chi connectivity index (χ0) is 23.6. The fourth-order valence-electron chi connectivity index (χ4n) is 4.01. The van der Waals surface area contributed by atoms with Crippen LogP contribution >= 0.6 is 0 Å². The minimum Gasteiger partial charge on any atom is -0.354 e. The molecule has 2 aliphatic rings. The number of halogens is 2. The van der Waals surface area contributed by atoms with Crippen molar-refractivity contribution < 1.29 is 22.0 Å². The maximum Gasteiger partial charge on any atom is 0.341 e. The second-order valence-electron chi connectivity index (χ2n) is 8.11. The standard InChI is InChI=1S/C21H26F2N6O3S/c1-26-6-8-27(9-7-26)18-14-19(25-15-24-18)28-10-12-29(13-11-28)20(30)16-4-2-3-5-17(16)33(31,32)21(22)23/h2-5,14-15,21H,6-13H2,1H3. The maximum atomic E-state index is 13.1. The van der Waals surface area contributed by atoms with Crippen LogP contribution in [0.15, 0.2) is 41.6 Å². The van der Waals surface area contributed by atoms with Crippen LogP contribution in [0.25, 0.3) is 0 Å². The van der Waals surface area contributed by atoms with Crippen molar-refractivity contribution in [3.8, 4) is 0 Å². The number of benzene rings is 1. The van der Waals surface area contributed by atoms with Crippen molar-refractivity contribution in [2.75, 3.05) is 69.2 Å². The van der Waals surface area contributed by atoms with E-state index in [0.717, 1.165) is 43.9 Å². The first kappa shape index (κ1) is 23.3. The van der Waals surface area contributed by atoms with Gasteiger partial charge in [-0.25, -0.2) is 18.4 Å². The lowest BCUT2D eigenvalue weighted by Gasteiger charge is -2.36. The van der Waals surface area contributed by atoms with Crippen molar-refractivity contribution >= 4 is 27.4 Å². The Morgan fingerprint density at radius 3 is 2.03 bits per heavy atom. The van der Waals surface area contributed by atoms with Crippen LogP contribution in [0.3, 0.4) is 0 Å². The van der Waals surface area contributed by atoms with Gasteiger partial charge in [0.1, 0.15) is 18.0 Å². The van der Waals surface area contributed by atoms with Gasteiger partial charge in [0.2, 0.25) is 9.84 Å². The number of sulfone groups is 1. The van der Waals surface area contributed by atoms with E-state index in [-0.39, 0.29) is 5.56 Å². The molecule has 4 rings (SSSR count). The number of likely N-dealkylation sites (N-methyl/N-ethyl adjacent to an activating group) is 1. The van der Waals surface area contributed by atoms with Gasteiger partial charge in [-0.05, 0) is 19.2 Å². The quantitative estimate of drug-likeness (QED) is 0.631. The Bertz CT molecular complexity index is 1100. The van der Waals surface area contributed by atoms with Crippen molar-refractivity contribution in [1.82, 2.24) is 19.8 Å². The molecule has 9 nitrogen and oxygen atoms in total. The summed E-state index contributed by atoms with van der Waals surface area (Å²) in [4.78, 5) is 29.1. The molecule has 0 atom stereocenters. The highest BCUT2D eigenvalue weighted by atomic mass is 32.2. The Hall–Kier alpha value is -2.86. The van der Waals surface area contributed by atoms with E-state index in [9.17, 15) is 22.0 Å². The van der Waals surface area contributed by atoms with Crippen molar-refractivity contribution in [2.24, 2.45) is 0 Å². The SMILES string of the molecule is CN1CCN(c2cc(N3CCN(C(=O)c4ccccc4S(=O)(=O)C(F)F)CC3)ncn2)CC1. The monoisotopic (exact) mass is 480 g/mol. The molecule has 0 bridgehead atoms. The summed E-state index contributed by atoms with van der Waals surface area (Å²) in [5, 5.41) is 0. The molecule has 2 aromatic rings. The average molecular weight is 481 g/mol. The third-order valence-corrected chi connectivity index (χ3v) is 7.45. The van der Waals surface area contributed by atoms with Gasteiger partial charge in [-0.3, -0.25) is 4.79 Å². The Labute approximate surface area is 191 Å². The van der Waals surface area contributed by atoms with Gasteiger partial charge < -0.3 is 19.6 Å². The highest BCUT2D eigenvalue weighted by molar-refractivity contribution is 7.91. The number of anilines is 2. The number of hydrogen-bond donors (Lipinski definition) is 0. The zero-order valence-corrected chi connectivity index (χ0v) is 19.1. The second kappa shape index (κ2) is 9.56.